The maximum absolute atomic E-state index is 13.2. The van der Waals surface area contributed by atoms with Crippen LogP contribution in [0.5, 0.6) is 0 Å². The Morgan fingerprint density at radius 1 is 0.960 bits per heavy atom. The molecule has 0 aliphatic heterocycles. The van der Waals surface area contributed by atoms with Gasteiger partial charge < -0.3 is 10.6 Å². The zero-order valence-corrected chi connectivity index (χ0v) is 13.1. The molecule has 1 heterocycles. The highest BCUT2D eigenvalue weighted by atomic mass is 19.2. The van der Waals surface area contributed by atoms with Gasteiger partial charge in [-0.1, -0.05) is 0 Å². The molecule has 0 bridgehead atoms. The number of ketones is 1. The molecule has 0 saturated carbocycles. The number of carbonyl (C=O) groups excluding carboxylic acids is 1. The number of carbonyl (C=O) groups is 1. The molecule has 126 valence electrons. The second kappa shape index (κ2) is 7.00. The number of halogens is 2. The van der Waals surface area contributed by atoms with E-state index < -0.39 is 11.6 Å². The van der Waals surface area contributed by atoms with Gasteiger partial charge in [0.2, 0.25) is 5.95 Å². The average molecular weight is 341 g/mol. The van der Waals surface area contributed by atoms with Gasteiger partial charge in [-0.3, -0.25) is 4.79 Å². The number of rotatable bonds is 5. The van der Waals surface area contributed by atoms with Gasteiger partial charge in [0.15, 0.2) is 23.2 Å². The molecule has 8 heteroatoms. The van der Waals surface area contributed by atoms with Gasteiger partial charge in [-0.15, -0.1) is 5.10 Å². The van der Waals surface area contributed by atoms with E-state index in [2.05, 4.69) is 25.8 Å². The third-order valence-corrected chi connectivity index (χ3v) is 3.30. The number of aromatic nitrogens is 3. The normalized spacial score (nSPS) is 10.4. The van der Waals surface area contributed by atoms with Crippen molar-refractivity contribution in [3.63, 3.8) is 0 Å². The van der Waals surface area contributed by atoms with Crippen molar-refractivity contribution in [3.8, 4) is 0 Å². The average Bonchev–Trinajstić information content (AvgIpc) is 2.59. The Bertz CT molecular complexity index is 915. The second-order valence-corrected chi connectivity index (χ2v) is 5.18. The van der Waals surface area contributed by atoms with Crippen LogP contribution in [0, 0.1) is 11.6 Å². The molecule has 25 heavy (non-hydrogen) atoms. The Kier molecular flexibility index (Phi) is 4.60. The third-order valence-electron chi connectivity index (χ3n) is 3.30. The quantitative estimate of drug-likeness (QED) is 0.687. The van der Waals surface area contributed by atoms with Gasteiger partial charge in [-0.05, 0) is 43.3 Å². The minimum absolute atomic E-state index is 0.0257. The number of nitrogens with one attached hydrogen (secondary N) is 2. The maximum Gasteiger partial charge on any atom is 0.249 e. The van der Waals surface area contributed by atoms with E-state index in [1.165, 1.54) is 19.2 Å². The number of Topliss-reactive ketones (excluding diaryl/α,β-unsaturated/α-hetero) is 1. The van der Waals surface area contributed by atoms with Crippen molar-refractivity contribution in [2.75, 3.05) is 10.6 Å². The molecule has 0 radical (unpaired) electrons. The van der Waals surface area contributed by atoms with Crippen molar-refractivity contribution < 1.29 is 13.6 Å². The van der Waals surface area contributed by atoms with Crippen LogP contribution in [0.2, 0.25) is 0 Å². The van der Waals surface area contributed by atoms with E-state index in [0.29, 0.717) is 22.8 Å². The summed E-state index contributed by atoms with van der Waals surface area (Å²) in [6.07, 6.45) is 1.35. The van der Waals surface area contributed by atoms with Crippen molar-refractivity contribution in [3.05, 3.63) is 65.9 Å². The minimum atomic E-state index is -0.962. The fraction of sp³-hybridized carbons (Fsp3) is 0.0588. The number of nitrogens with zero attached hydrogens (tertiary/aromatic N) is 3. The van der Waals surface area contributed by atoms with Gasteiger partial charge in [0.05, 0.1) is 6.20 Å². The lowest BCUT2D eigenvalue weighted by Gasteiger charge is -2.08. The van der Waals surface area contributed by atoms with Gasteiger partial charge in [0.25, 0.3) is 0 Å². The van der Waals surface area contributed by atoms with E-state index in [0.717, 1.165) is 12.1 Å². The summed E-state index contributed by atoms with van der Waals surface area (Å²) in [4.78, 5) is 15.5. The van der Waals surface area contributed by atoms with Gasteiger partial charge in [0, 0.05) is 23.0 Å². The third kappa shape index (κ3) is 4.11. The van der Waals surface area contributed by atoms with Crippen LogP contribution in [0.1, 0.15) is 17.3 Å². The Hall–Kier alpha value is -3.42. The number of anilines is 4. The number of hydrogen-bond acceptors (Lipinski definition) is 6. The van der Waals surface area contributed by atoms with Crippen LogP contribution in [-0.4, -0.2) is 21.0 Å². The molecular weight excluding hydrogens is 328 g/mol. The molecule has 0 amide bonds. The van der Waals surface area contributed by atoms with Crippen molar-refractivity contribution in [1.29, 1.82) is 0 Å². The molecule has 3 rings (SSSR count). The Morgan fingerprint density at radius 2 is 1.68 bits per heavy atom. The molecule has 0 unspecified atom stereocenters. The van der Waals surface area contributed by atoms with Crippen LogP contribution in [0.4, 0.5) is 31.9 Å². The molecule has 0 saturated heterocycles. The summed E-state index contributed by atoms with van der Waals surface area (Å²) in [6.45, 7) is 1.49. The summed E-state index contributed by atoms with van der Waals surface area (Å²) >= 11 is 0. The first-order valence-electron chi connectivity index (χ1n) is 7.31. The lowest BCUT2D eigenvalue weighted by molar-refractivity contribution is 0.101. The SMILES string of the molecule is CC(=O)c1ccc(Nc2nncc(Nc3ccc(F)c(F)c3)n2)cc1. The monoisotopic (exact) mass is 341 g/mol. The van der Waals surface area contributed by atoms with E-state index in [1.807, 2.05) is 0 Å². The Balaban J connectivity index is 1.74. The van der Waals surface area contributed by atoms with Gasteiger partial charge in [0.1, 0.15) is 0 Å². The first kappa shape index (κ1) is 16.4. The molecule has 2 N–H and O–H groups in total. The predicted octanol–water partition coefficient (Wildman–Crippen LogP) is 3.84. The fourth-order valence-corrected chi connectivity index (χ4v) is 2.06. The van der Waals surface area contributed by atoms with E-state index in [9.17, 15) is 13.6 Å². The van der Waals surface area contributed by atoms with Crippen LogP contribution < -0.4 is 10.6 Å². The molecule has 6 nitrogen and oxygen atoms in total. The summed E-state index contributed by atoms with van der Waals surface area (Å²) in [5.41, 5.74) is 1.60. The van der Waals surface area contributed by atoms with Crippen LogP contribution in [0.3, 0.4) is 0 Å². The van der Waals surface area contributed by atoms with Crippen molar-refractivity contribution in [1.82, 2.24) is 15.2 Å². The number of hydrogen-bond donors (Lipinski definition) is 2. The number of benzene rings is 2. The lowest BCUT2D eigenvalue weighted by Crippen LogP contribution is -2.03. The highest BCUT2D eigenvalue weighted by Crippen LogP contribution is 2.19. The molecule has 0 aliphatic rings. The topological polar surface area (TPSA) is 79.8 Å². The second-order valence-electron chi connectivity index (χ2n) is 5.18. The van der Waals surface area contributed by atoms with E-state index in [1.54, 1.807) is 24.3 Å². The largest absolute Gasteiger partial charge is 0.339 e. The Morgan fingerprint density at radius 3 is 2.36 bits per heavy atom. The molecule has 0 atom stereocenters. The Labute approximate surface area is 141 Å². The van der Waals surface area contributed by atoms with E-state index in [4.69, 9.17) is 0 Å². The van der Waals surface area contributed by atoms with Gasteiger partial charge in [-0.25, -0.2) is 8.78 Å². The molecule has 0 fully saturated rings. The van der Waals surface area contributed by atoms with Gasteiger partial charge >= 0.3 is 0 Å². The van der Waals surface area contributed by atoms with Gasteiger partial charge in [-0.2, -0.15) is 10.1 Å². The summed E-state index contributed by atoms with van der Waals surface area (Å²) in [5.74, 6) is -1.40. The highest BCUT2D eigenvalue weighted by Gasteiger charge is 2.06. The molecule has 1 aromatic heterocycles. The standard InChI is InChI=1S/C17H13F2N5O/c1-10(25)11-2-4-12(5-3-11)22-17-23-16(9-20-24-17)21-13-6-7-14(18)15(19)8-13/h2-9H,1H3,(H2,21,22,23,24). The van der Waals surface area contributed by atoms with Crippen LogP contribution >= 0.6 is 0 Å². The summed E-state index contributed by atoms with van der Waals surface area (Å²) in [6, 6.07) is 10.2. The first-order chi connectivity index (χ1) is 12.0. The smallest absolute Gasteiger partial charge is 0.249 e. The predicted molar refractivity (Wildman–Crippen MR) is 89.2 cm³/mol. The van der Waals surface area contributed by atoms with Crippen molar-refractivity contribution in [2.24, 2.45) is 0 Å². The highest BCUT2D eigenvalue weighted by molar-refractivity contribution is 5.94. The molecule has 3 aromatic rings. The summed E-state index contributed by atoms with van der Waals surface area (Å²) < 4.78 is 26.2. The summed E-state index contributed by atoms with van der Waals surface area (Å²) in [7, 11) is 0. The minimum Gasteiger partial charge on any atom is -0.339 e. The van der Waals surface area contributed by atoms with Crippen LogP contribution in [-0.2, 0) is 0 Å². The van der Waals surface area contributed by atoms with Crippen LogP contribution in [0.25, 0.3) is 0 Å². The fourth-order valence-electron chi connectivity index (χ4n) is 2.06. The first-order valence-corrected chi connectivity index (χ1v) is 7.31. The molecule has 2 aromatic carbocycles. The maximum atomic E-state index is 13.2. The molecular formula is C17H13F2N5O. The van der Waals surface area contributed by atoms with E-state index in [-0.39, 0.29) is 11.7 Å². The lowest BCUT2D eigenvalue weighted by atomic mass is 10.1. The van der Waals surface area contributed by atoms with E-state index >= 15 is 0 Å². The van der Waals surface area contributed by atoms with Crippen molar-refractivity contribution >= 4 is 28.9 Å². The zero-order chi connectivity index (χ0) is 17.8. The van der Waals surface area contributed by atoms with Crippen molar-refractivity contribution in [2.45, 2.75) is 6.92 Å². The molecule has 0 aliphatic carbocycles. The van der Waals surface area contributed by atoms with Crippen LogP contribution in [0.15, 0.2) is 48.7 Å². The zero-order valence-electron chi connectivity index (χ0n) is 13.1. The molecule has 0 spiro atoms. The summed E-state index contributed by atoms with van der Waals surface area (Å²) in [5, 5.41) is 13.4.